The molecule has 0 saturated heterocycles. The molecule has 0 aliphatic rings. The second-order valence-corrected chi connectivity index (χ2v) is 10.1. The van der Waals surface area contributed by atoms with E-state index in [9.17, 15) is 4.79 Å². The molecule has 4 rings (SSSR count). The fraction of sp³-hybridized carbons (Fsp3) is 0.394. The third-order valence-electron chi connectivity index (χ3n) is 6.98. The Morgan fingerprint density at radius 2 is 1.68 bits per heavy atom. The number of fused-ring (bicyclic) bond motifs is 1. The van der Waals surface area contributed by atoms with E-state index < -0.39 is 0 Å². The largest absolute Gasteiger partial charge is 0.493 e. The molecule has 5 nitrogen and oxygen atoms in total. The number of amides is 1. The Bertz CT molecular complexity index is 1300. The molecular formula is C33H41N3O2. The number of hydrogen-bond acceptors (Lipinski definition) is 3. The average molecular weight is 512 g/mol. The van der Waals surface area contributed by atoms with Crippen LogP contribution in [0.15, 0.2) is 72.8 Å². The van der Waals surface area contributed by atoms with Crippen LogP contribution in [0.2, 0.25) is 0 Å². The van der Waals surface area contributed by atoms with Gasteiger partial charge in [-0.1, -0.05) is 66.6 Å². The van der Waals surface area contributed by atoms with Gasteiger partial charge in [0, 0.05) is 25.9 Å². The summed E-state index contributed by atoms with van der Waals surface area (Å²) in [5, 5.41) is 3.07. The lowest BCUT2D eigenvalue weighted by atomic mass is 10.1. The zero-order valence-electron chi connectivity index (χ0n) is 22.9. The fourth-order valence-corrected chi connectivity index (χ4v) is 4.88. The van der Waals surface area contributed by atoms with Gasteiger partial charge in [0.2, 0.25) is 5.91 Å². The van der Waals surface area contributed by atoms with Crippen LogP contribution in [0, 0.1) is 13.8 Å². The molecule has 0 saturated carbocycles. The smallest absolute Gasteiger partial charge is 0.220 e. The van der Waals surface area contributed by atoms with Gasteiger partial charge in [-0.05, 0) is 75.3 Å². The van der Waals surface area contributed by atoms with Crippen LogP contribution in [0.25, 0.3) is 11.0 Å². The molecule has 1 amide bonds. The Morgan fingerprint density at radius 1 is 0.868 bits per heavy atom. The molecule has 0 aliphatic heterocycles. The minimum Gasteiger partial charge on any atom is -0.493 e. The number of para-hydroxylation sites is 2. The van der Waals surface area contributed by atoms with Crippen molar-refractivity contribution in [2.75, 3.05) is 13.2 Å². The zero-order chi connectivity index (χ0) is 26.6. The Kier molecular flexibility index (Phi) is 10.4. The molecule has 200 valence electrons. The first-order chi connectivity index (χ1) is 18.6. The van der Waals surface area contributed by atoms with Crippen molar-refractivity contribution in [3.8, 4) is 5.75 Å². The van der Waals surface area contributed by atoms with Gasteiger partial charge >= 0.3 is 0 Å². The van der Waals surface area contributed by atoms with Crippen LogP contribution in [0.3, 0.4) is 0 Å². The van der Waals surface area contributed by atoms with E-state index in [1.165, 1.54) is 22.2 Å². The van der Waals surface area contributed by atoms with Gasteiger partial charge in [-0.2, -0.15) is 0 Å². The summed E-state index contributed by atoms with van der Waals surface area (Å²) < 4.78 is 8.42. The summed E-state index contributed by atoms with van der Waals surface area (Å²) in [5.41, 5.74) is 5.94. The highest BCUT2D eigenvalue weighted by Gasteiger charge is 2.10. The Morgan fingerprint density at radius 3 is 2.53 bits per heavy atom. The molecule has 0 fully saturated rings. The maximum Gasteiger partial charge on any atom is 0.220 e. The number of ether oxygens (including phenoxy) is 1. The highest BCUT2D eigenvalue weighted by molar-refractivity contribution is 5.76. The first-order valence-corrected chi connectivity index (χ1v) is 14.0. The standard InChI is InChI=1S/C33H41N3O2/c1-26-18-20-31(27(2)25-26)38-24-12-11-23-36-30-16-9-8-15-29(30)35-32(36)17-7-4-10-22-34-33(37)21-19-28-13-5-3-6-14-28/h3,5-6,8-9,13-16,18,20,25H,4,7,10-12,17,19,21-24H2,1-2H3,(H,34,37). The lowest BCUT2D eigenvalue weighted by Gasteiger charge is -2.12. The van der Waals surface area contributed by atoms with Gasteiger partial charge in [-0.15, -0.1) is 0 Å². The Hall–Kier alpha value is -3.60. The van der Waals surface area contributed by atoms with Gasteiger partial charge in [0.25, 0.3) is 0 Å². The SMILES string of the molecule is Cc1ccc(OCCCCn2c(CCCCCNC(=O)CCc3ccccc3)nc3ccccc32)c(C)c1. The average Bonchev–Trinajstić information content (AvgIpc) is 3.28. The number of nitrogens with one attached hydrogen (secondary N) is 1. The van der Waals surface area contributed by atoms with E-state index in [0.717, 1.165) is 81.7 Å². The highest BCUT2D eigenvalue weighted by atomic mass is 16.5. The van der Waals surface area contributed by atoms with E-state index >= 15 is 0 Å². The molecule has 38 heavy (non-hydrogen) atoms. The summed E-state index contributed by atoms with van der Waals surface area (Å²) in [6, 6.07) is 24.9. The molecule has 0 atom stereocenters. The number of carbonyl (C=O) groups excluding carboxylic acids is 1. The van der Waals surface area contributed by atoms with E-state index in [-0.39, 0.29) is 5.91 Å². The van der Waals surface area contributed by atoms with Crippen LogP contribution in [0.1, 0.15) is 61.0 Å². The van der Waals surface area contributed by atoms with Crippen LogP contribution in [0.4, 0.5) is 0 Å². The Labute approximate surface area is 227 Å². The summed E-state index contributed by atoms with van der Waals surface area (Å²) in [4.78, 5) is 17.1. The number of carbonyl (C=O) groups is 1. The minimum absolute atomic E-state index is 0.136. The van der Waals surface area contributed by atoms with Crippen molar-refractivity contribution >= 4 is 16.9 Å². The van der Waals surface area contributed by atoms with Gasteiger partial charge in [0.1, 0.15) is 11.6 Å². The van der Waals surface area contributed by atoms with E-state index in [4.69, 9.17) is 9.72 Å². The number of aryl methyl sites for hydroxylation is 5. The molecule has 1 heterocycles. The third kappa shape index (κ3) is 8.20. The summed E-state index contributed by atoms with van der Waals surface area (Å²) in [6.45, 7) is 6.62. The Balaban J connectivity index is 1.17. The number of aromatic nitrogens is 2. The lowest BCUT2D eigenvalue weighted by molar-refractivity contribution is -0.121. The van der Waals surface area contributed by atoms with E-state index in [0.29, 0.717) is 6.42 Å². The summed E-state index contributed by atoms with van der Waals surface area (Å²) in [5.74, 6) is 2.28. The quantitative estimate of drug-likeness (QED) is 0.175. The van der Waals surface area contributed by atoms with Crippen molar-refractivity contribution in [3.05, 3.63) is 95.3 Å². The van der Waals surface area contributed by atoms with Gasteiger partial charge in [0.05, 0.1) is 17.6 Å². The predicted molar refractivity (Wildman–Crippen MR) is 156 cm³/mol. The van der Waals surface area contributed by atoms with Gasteiger partial charge < -0.3 is 14.6 Å². The van der Waals surface area contributed by atoms with E-state index in [2.05, 4.69) is 78.3 Å². The first kappa shape index (κ1) is 27.4. The number of hydrogen-bond donors (Lipinski definition) is 1. The second kappa shape index (κ2) is 14.4. The third-order valence-corrected chi connectivity index (χ3v) is 6.98. The van der Waals surface area contributed by atoms with Crippen LogP contribution in [-0.2, 0) is 24.2 Å². The normalized spacial score (nSPS) is 11.1. The van der Waals surface area contributed by atoms with Crippen LogP contribution < -0.4 is 10.1 Å². The molecule has 1 aromatic heterocycles. The molecule has 0 spiro atoms. The molecule has 3 aromatic carbocycles. The maximum atomic E-state index is 12.1. The molecule has 0 radical (unpaired) electrons. The molecule has 0 bridgehead atoms. The van der Waals surface area contributed by atoms with Crippen molar-refractivity contribution in [3.63, 3.8) is 0 Å². The number of nitrogens with zero attached hydrogens (tertiary/aromatic N) is 2. The fourth-order valence-electron chi connectivity index (χ4n) is 4.88. The minimum atomic E-state index is 0.136. The summed E-state index contributed by atoms with van der Waals surface area (Å²) in [7, 11) is 0. The lowest BCUT2D eigenvalue weighted by Crippen LogP contribution is -2.24. The van der Waals surface area contributed by atoms with Crippen LogP contribution in [-0.4, -0.2) is 28.6 Å². The number of rotatable bonds is 15. The molecular weight excluding hydrogens is 470 g/mol. The monoisotopic (exact) mass is 511 g/mol. The molecule has 4 aromatic rings. The van der Waals surface area contributed by atoms with Gasteiger partial charge in [0.15, 0.2) is 0 Å². The van der Waals surface area contributed by atoms with Gasteiger partial charge in [-0.25, -0.2) is 4.98 Å². The first-order valence-electron chi connectivity index (χ1n) is 14.0. The van der Waals surface area contributed by atoms with Crippen molar-refractivity contribution in [1.29, 1.82) is 0 Å². The summed E-state index contributed by atoms with van der Waals surface area (Å²) >= 11 is 0. The van der Waals surface area contributed by atoms with Crippen molar-refractivity contribution in [1.82, 2.24) is 14.9 Å². The summed E-state index contributed by atoms with van der Waals surface area (Å²) in [6.07, 6.45) is 7.48. The number of unbranched alkanes of at least 4 members (excludes halogenated alkanes) is 3. The van der Waals surface area contributed by atoms with Crippen molar-refractivity contribution in [2.45, 2.75) is 71.8 Å². The van der Waals surface area contributed by atoms with Crippen molar-refractivity contribution in [2.24, 2.45) is 0 Å². The molecule has 1 N–H and O–H groups in total. The van der Waals surface area contributed by atoms with Crippen LogP contribution >= 0.6 is 0 Å². The van der Waals surface area contributed by atoms with Crippen molar-refractivity contribution < 1.29 is 9.53 Å². The highest BCUT2D eigenvalue weighted by Crippen LogP contribution is 2.21. The second-order valence-electron chi connectivity index (χ2n) is 10.1. The molecule has 5 heteroatoms. The predicted octanol–water partition coefficient (Wildman–Crippen LogP) is 6.97. The zero-order valence-corrected chi connectivity index (χ0v) is 22.9. The topological polar surface area (TPSA) is 56.1 Å². The maximum absolute atomic E-state index is 12.1. The molecule has 0 aliphatic carbocycles. The van der Waals surface area contributed by atoms with E-state index in [1.807, 2.05) is 18.2 Å². The van der Waals surface area contributed by atoms with E-state index in [1.54, 1.807) is 0 Å². The molecule has 0 unspecified atom stereocenters. The van der Waals surface area contributed by atoms with Gasteiger partial charge in [-0.3, -0.25) is 4.79 Å². The number of imidazole rings is 1. The number of benzene rings is 3. The van der Waals surface area contributed by atoms with Crippen LogP contribution in [0.5, 0.6) is 5.75 Å².